The van der Waals surface area contributed by atoms with Gasteiger partial charge in [-0.25, -0.2) is 0 Å². The van der Waals surface area contributed by atoms with Gasteiger partial charge in [0.1, 0.15) is 5.76 Å². The maximum absolute atomic E-state index is 5.52. The topological polar surface area (TPSA) is 34.4 Å². The smallest absolute Gasteiger partial charge is 0.120 e. The van der Waals surface area contributed by atoms with E-state index in [0.29, 0.717) is 12.1 Å². The zero-order chi connectivity index (χ0) is 10.7. The first-order chi connectivity index (χ1) is 7.25. The molecule has 0 aliphatic carbocycles. The van der Waals surface area contributed by atoms with Crippen molar-refractivity contribution in [1.82, 2.24) is 5.32 Å². The highest BCUT2D eigenvalue weighted by Crippen LogP contribution is 2.18. The molecule has 1 aliphatic rings. The first-order valence-corrected chi connectivity index (χ1v) is 5.67. The molecule has 3 heteroatoms. The third-order valence-electron chi connectivity index (χ3n) is 2.94. The van der Waals surface area contributed by atoms with Gasteiger partial charge in [-0.2, -0.15) is 0 Å². The Balaban J connectivity index is 1.86. The van der Waals surface area contributed by atoms with Gasteiger partial charge in [-0.15, -0.1) is 0 Å². The van der Waals surface area contributed by atoms with Gasteiger partial charge in [-0.1, -0.05) is 0 Å². The molecule has 0 amide bonds. The van der Waals surface area contributed by atoms with Gasteiger partial charge in [-0.3, -0.25) is 0 Å². The molecular formula is C12H19NO2. The van der Waals surface area contributed by atoms with E-state index in [1.807, 2.05) is 12.1 Å². The minimum Gasteiger partial charge on any atom is -0.468 e. The third kappa shape index (κ3) is 2.83. The van der Waals surface area contributed by atoms with Gasteiger partial charge < -0.3 is 14.5 Å². The Kier molecular flexibility index (Phi) is 3.44. The first kappa shape index (κ1) is 10.7. The Morgan fingerprint density at radius 3 is 3.07 bits per heavy atom. The molecule has 3 nitrogen and oxygen atoms in total. The van der Waals surface area contributed by atoms with E-state index >= 15 is 0 Å². The van der Waals surface area contributed by atoms with Crippen LogP contribution in [-0.2, 0) is 4.74 Å². The van der Waals surface area contributed by atoms with Crippen LogP contribution in [0, 0.1) is 0 Å². The Bertz CT molecular complexity index is 284. The predicted octanol–water partition coefficient (Wildman–Crippen LogP) is 2.50. The highest BCUT2D eigenvalue weighted by atomic mass is 16.5. The van der Waals surface area contributed by atoms with E-state index in [2.05, 4.69) is 19.2 Å². The van der Waals surface area contributed by atoms with Crippen LogP contribution in [0.4, 0.5) is 0 Å². The van der Waals surface area contributed by atoms with Crippen molar-refractivity contribution in [2.75, 3.05) is 6.61 Å². The van der Waals surface area contributed by atoms with Gasteiger partial charge in [0, 0.05) is 12.6 Å². The SMILES string of the molecule is CC1CC(N[C@@H](C)c2ccco2)CCO1. The van der Waals surface area contributed by atoms with Crippen molar-refractivity contribution in [2.24, 2.45) is 0 Å². The highest BCUT2D eigenvalue weighted by Gasteiger charge is 2.21. The second kappa shape index (κ2) is 4.81. The van der Waals surface area contributed by atoms with Crippen LogP contribution in [-0.4, -0.2) is 18.8 Å². The monoisotopic (exact) mass is 209 g/mol. The van der Waals surface area contributed by atoms with Gasteiger partial charge in [0.2, 0.25) is 0 Å². The number of furan rings is 1. The molecule has 2 heterocycles. The van der Waals surface area contributed by atoms with Crippen LogP contribution in [0.15, 0.2) is 22.8 Å². The van der Waals surface area contributed by atoms with Gasteiger partial charge in [0.25, 0.3) is 0 Å². The largest absolute Gasteiger partial charge is 0.468 e. The minimum atomic E-state index is 0.287. The van der Waals surface area contributed by atoms with Crippen LogP contribution < -0.4 is 5.32 Å². The molecule has 1 fully saturated rings. The summed E-state index contributed by atoms with van der Waals surface area (Å²) in [4.78, 5) is 0. The second-order valence-corrected chi connectivity index (χ2v) is 4.31. The van der Waals surface area contributed by atoms with Crippen molar-refractivity contribution < 1.29 is 9.15 Å². The summed E-state index contributed by atoms with van der Waals surface area (Å²) in [6.07, 6.45) is 4.28. The maximum Gasteiger partial charge on any atom is 0.120 e. The Labute approximate surface area is 90.8 Å². The van der Waals surface area contributed by atoms with Crippen LogP contribution in [0.2, 0.25) is 0 Å². The summed E-state index contributed by atoms with van der Waals surface area (Å²) in [6.45, 7) is 5.13. The Morgan fingerprint density at radius 2 is 2.40 bits per heavy atom. The van der Waals surface area contributed by atoms with E-state index in [1.54, 1.807) is 6.26 Å². The van der Waals surface area contributed by atoms with E-state index in [0.717, 1.165) is 25.2 Å². The first-order valence-electron chi connectivity index (χ1n) is 5.67. The number of nitrogens with one attached hydrogen (secondary N) is 1. The summed E-state index contributed by atoms with van der Waals surface area (Å²) in [5, 5.41) is 3.58. The number of hydrogen-bond acceptors (Lipinski definition) is 3. The molecule has 2 unspecified atom stereocenters. The molecule has 0 spiro atoms. The summed E-state index contributed by atoms with van der Waals surface area (Å²) < 4.78 is 10.9. The van der Waals surface area contributed by atoms with Gasteiger partial charge in [-0.05, 0) is 38.8 Å². The fourth-order valence-corrected chi connectivity index (χ4v) is 2.12. The average molecular weight is 209 g/mol. The van der Waals surface area contributed by atoms with Crippen molar-refractivity contribution in [1.29, 1.82) is 0 Å². The summed E-state index contributed by atoms with van der Waals surface area (Å²) in [6, 6.07) is 4.78. The lowest BCUT2D eigenvalue weighted by molar-refractivity contribution is 0.0111. The molecule has 0 saturated carbocycles. The summed E-state index contributed by atoms with van der Waals surface area (Å²) >= 11 is 0. The lowest BCUT2D eigenvalue weighted by Gasteiger charge is -2.29. The van der Waals surface area contributed by atoms with Crippen LogP contribution in [0.3, 0.4) is 0 Å². The zero-order valence-corrected chi connectivity index (χ0v) is 9.40. The van der Waals surface area contributed by atoms with Crippen molar-refractivity contribution >= 4 is 0 Å². The number of ether oxygens (including phenoxy) is 1. The molecule has 1 aromatic rings. The molecule has 0 aromatic carbocycles. The zero-order valence-electron chi connectivity index (χ0n) is 9.40. The van der Waals surface area contributed by atoms with Gasteiger partial charge in [0.05, 0.1) is 18.4 Å². The van der Waals surface area contributed by atoms with Crippen molar-refractivity contribution in [3.05, 3.63) is 24.2 Å². The molecule has 84 valence electrons. The van der Waals surface area contributed by atoms with E-state index in [9.17, 15) is 0 Å². The molecule has 3 atom stereocenters. The van der Waals surface area contributed by atoms with Crippen LogP contribution in [0.1, 0.15) is 38.5 Å². The lowest BCUT2D eigenvalue weighted by Crippen LogP contribution is -2.39. The summed E-state index contributed by atoms with van der Waals surface area (Å²) in [7, 11) is 0. The van der Waals surface area contributed by atoms with Gasteiger partial charge >= 0.3 is 0 Å². The van der Waals surface area contributed by atoms with Crippen LogP contribution in [0.5, 0.6) is 0 Å². The standard InChI is InChI=1S/C12H19NO2/c1-9-8-11(5-7-14-9)13-10(2)12-4-3-6-15-12/h3-4,6,9-11,13H,5,7-8H2,1-2H3/t9?,10-,11?/m0/s1. The van der Waals surface area contributed by atoms with E-state index < -0.39 is 0 Å². The van der Waals surface area contributed by atoms with Crippen molar-refractivity contribution in [3.63, 3.8) is 0 Å². The quantitative estimate of drug-likeness (QED) is 0.830. The summed E-state index contributed by atoms with van der Waals surface area (Å²) in [5.41, 5.74) is 0. The predicted molar refractivity (Wildman–Crippen MR) is 58.7 cm³/mol. The molecular weight excluding hydrogens is 190 g/mol. The minimum absolute atomic E-state index is 0.287. The fraction of sp³-hybridized carbons (Fsp3) is 0.667. The van der Waals surface area contributed by atoms with Gasteiger partial charge in [0.15, 0.2) is 0 Å². The second-order valence-electron chi connectivity index (χ2n) is 4.31. The fourth-order valence-electron chi connectivity index (χ4n) is 2.12. The molecule has 15 heavy (non-hydrogen) atoms. The van der Waals surface area contributed by atoms with E-state index in [1.165, 1.54) is 0 Å². The molecule has 1 N–H and O–H groups in total. The molecule has 0 radical (unpaired) electrons. The van der Waals surface area contributed by atoms with E-state index in [-0.39, 0.29) is 6.04 Å². The summed E-state index contributed by atoms with van der Waals surface area (Å²) in [5.74, 6) is 1.01. The third-order valence-corrected chi connectivity index (χ3v) is 2.94. The molecule has 1 saturated heterocycles. The van der Waals surface area contributed by atoms with Crippen LogP contribution >= 0.6 is 0 Å². The van der Waals surface area contributed by atoms with Crippen molar-refractivity contribution in [3.8, 4) is 0 Å². The van der Waals surface area contributed by atoms with Crippen LogP contribution in [0.25, 0.3) is 0 Å². The van der Waals surface area contributed by atoms with E-state index in [4.69, 9.17) is 9.15 Å². The molecule has 1 aliphatic heterocycles. The molecule has 0 bridgehead atoms. The average Bonchev–Trinajstić information content (AvgIpc) is 2.70. The molecule has 2 rings (SSSR count). The Morgan fingerprint density at radius 1 is 1.53 bits per heavy atom. The molecule has 1 aromatic heterocycles. The number of rotatable bonds is 3. The normalized spacial score (nSPS) is 28.9. The highest BCUT2D eigenvalue weighted by molar-refractivity contribution is 5.03. The number of hydrogen-bond donors (Lipinski definition) is 1. The maximum atomic E-state index is 5.52. The lowest BCUT2D eigenvalue weighted by atomic mass is 10.0. The van der Waals surface area contributed by atoms with Crippen molar-refractivity contribution in [2.45, 2.75) is 44.9 Å². The Hall–Kier alpha value is -0.800.